The number of benzene rings is 1. The number of thiophene rings is 1. The van der Waals surface area contributed by atoms with Crippen molar-refractivity contribution in [1.82, 2.24) is 4.98 Å². The Kier molecular flexibility index (Phi) is 4.50. The molecular weight excluding hydrogens is 316 g/mol. The zero-order valence-electron chi connectivity index (χ0n) is 11.9. The van der Waals surface area contributed by atoms with Crippen LogP contribution in [-0.4, -0.2) is 17.5 Å². The van der Waals surface area contributed by atoms with Gasteiger partial charge >= 0.3 is 0 Å². The number of nitrogens with one attached hydrogen (secondary N) is 1. The number of rotatable bonds is 5. The van der Waals surface area contributed by atoms with E-state index in [2.05, 4.69) is 10.3 Å². The number of nitrogens with zero attached hydrogens (tertiary/aromatic N) is 1. The van der Waals surface area contributed by atoms with Gasteiger partial charge in [-0.3, -0.25) is 10.1 Å². The average Bonchev–Trinajstić information content (AvgIpc) is 3.13. The summed E-state index contributed by atoms with van der Waals surface area (Å²) in [5.74, 6) is 0.629. The zero-order valence-corrected chi connectivity index (χ0v) is 13.5. The summed E-state index contributed by atoms with van der Waals surface area (Å²) in [4.78, 5) is 16.3. The van der Waals surface area contributed by atoms with E-state index in [9.17, 15) is 4.79 Å². The molecule has 3 rings (SSSR count). The van der Waals surface area contributed by atoms with E-state index in [1.165, 1.54) is 17.4 Å². The maximum absolute atomic E-state index is 11.9. The van der Waals surface area contributed by atoms with Crippen LogP contribution in [0.1, 0.15) is 12.5 Å². The number of aromatic nitrogens is 1. The van der Waals surface area contributed by atoms with Crippen LogP contribution < -0.4 is 10.1 Å². The third kappa shape index (κ3) is 3.52. The van der Waals surface area contributed by atoms with E-state index < -0.39 is 0 Å². The van der Waals surface area contributed by atoms with Crippen molar-refractivity contribution in [3.8, 4) is 5.75 Å². The molecule has 22 heavy (non-hydrogen) atoms. The van der Waals surface area contributed by atoms with Crippen molar-refractivity contribution in [2.45, 2.75) is 6.92 Å². The van der Waals surface area contributed by atoms with Gasteiger partial charge in [0.15, 0.2) is 5.13 Å². The Hall–Kier alpha value is -2.18. The van der Waals surface area contributed by atoms with Crippen LogP contribution in [-0.2, 0) is 4.79 Å². The average molecular weight is 330 g/mol. The summed E-state index contributed by atoms with van der Waals surface area (Å²) in [6.07, 6.45) is 3.30. The highest BCUT2D eigenvalue weighted by molar-refractivity contribution is 7.22. The SMILES string of the molecule is CCOc1ccc2nc(NC(=O)/C=C/c3ccsc3)sc2c1. The maximum Gasteiger partial charge on any atom is 0.250 e. The van der Waals surface area contributed by atoms with Crippen LogP contribution in [0.2, 0.25) is 0 Å². The molecule has 4 nitrogen and oxygen atoms in total. The maximum atomic E-state index is 11.9. The number of carbonyl (C=O) groups excluding carboxylic acids is 1. The molecule has 0 fully saturated rings. The van der Waals surface area contributed by atoms with Crippen molar-refractivity contribution in [2.75, 3.05) is 11.9 Å². The second-order valence-electron chi connectivity index (χ2n) is 4.46. The minimum atomic E-state index is -0.185. The molecule has 6 heteroatoms. The van der Waals surface area contributed by atoms with Gasteiger partial charge in [-0.1, -0.05) is 11.3 Å². The fraction of sp³-hybridized carbons (Fsp3) is 0.125. The predicted molar refractivity (Wildman–Crippen MR) is 92.8 cm³/mol. The monoisotopic (exact) mass is 330 g/mol. The van der Waals surface area contributed by atoms with Gasteiger partial charge in [-0.05, 0) is 53.6 Å². The third-order valence-corrected chi connectivity index (χ3v) is 4.51. The molecule has 1 N–H and O–H groups in total. The number of ether oxygens (including phenoxy) is 1. The number of fused-ring (bicyclic) bond motifs is 1. The molecule has 0 saturated heterocycles. The number of hydrogen-bond acceptors (Lipinski definition) is 5. The van der Waals surface area contributed by atoms with Crippen LogP contribution in [0.4, 0.5) is 5.13 Å². The quantitative estimate of drug-likeness (QED) is 0.705. The van der Waals surface area contributed by atoms with E-state index in [4.69, 9.17) is 4.74 Å². The van der Waals surface area contributed by atoms with Crippen molar-refractivity contribution >= 4 is 50.0 Å². The predicted octanol–water partition coefficient (Wildman–Crippen LogP) is 4.41. The zero-order chi connectivity index (χ0) is 15.4. The lowest BCUT2D eigenvalue weighted by Gasteiger charge is -2.00. The fourth-order valence-corrected chi connectivity index (χ4v) is 3.43. The number of hydrogen-bond donors (Lipinski definition) is 1. The Bertz CT molecular complexity index is 807. The van der Waals surface area contributed by atoms with E-state index in [1.807, 2.05) is 41.9 Å². The van der Waals surface area contributed by atoms with Gasteiger partial charge in [0, 0.05) is 6.08 Å². The van der Waals surface area contributed by atoms with Gasteiger partial charge in [0.05, 0.1) is 16.8 Å². The van der Waals surface area contributed by atoms with Crippen LogP contribution in [0.3, 0.4) is 0 Å². The molecule has 0 saturated carbocycles. The normalized spacial score (nSPS) is 11.1. The molecular formula is C16H14N2O2S2. The summed E-state index contributed by atoms with van der Waals surface area (Å²) in [7, 11) is 0. The third-order valence-electron chi connectivity index (χ3n) is 2.87. The Labute approximate surface area is 136 Å². The van der Waals surface area contributed by atoms with Crippen LogP contribution in [0.25, 0.3) is 16.3 Å². The lowest BCUT2D eigenvalue weighted by molar-refractivity contribution is -0.111. The van der Waals surface area contributed by atoms with Crippen molar-refractivity contribution < 1.29 is 9.53 Å². The molecule has 0 radical (unpaired) electrons. The van der Waals surface area contributed by atoms with Gasteiger partial charge in [-0.15, -0.1) is 0 Å². The van der Waals surface area contributed by atoms with Crippen LogP contribution >= 0.6 is 22.7 Å². The summed E-state index contributed by atoms with van der Waals surface area (Å²) < 4.78 is 6.45. The summed E-state index contributed by atoms with van der Waals surface area (Å²) in [5.41, 5.74) is 1.87. The molecule has 3 aromatic rings. The molecule has 0 aliphatic heterocycles. The summed E-state index contributed by atoms with van der Waals surface area (Å²) in [6.45, 7) is 2.57. The highest BCUT2D eigenvalue weighted by Gasteiger charge is 2.07. The van der Waals surface area contributed by atoms with Gasteiger partial charge in [0.25, 0.3) is 0 Å². The smallest absolute Gasteiger partial charge is 0.250 e. The topological polar surface area (TPSA) is 51.2 Å². The van der Waals surface area contributed by atoms with E-state index in [-0.39, 0.29) is 5.91 Å². The molecule has 0 aliphatic carbocycles. The number of carbonyl (C=O) groups is 1. The number of thiazole rings is 1. The minimum Gasteiger partial charge on any atom is -0.494 e. The first-order valence-corrected chi connectivity index (χ1v) is 8.55. The molecule has 0 aliphatic rings. The van der Waals surface area contributed by atoms with E-state index in [1.54, 1.807) is 17.4 Å². The molecule has 0 atom stereocenters. The number of amides is 1. The second-order valence-corrected chi connectivity index (χ2v) is 6.27. The molecule has 112 valence electrons. The summed E-state index contributed by atoms with van der Waals surface area (Å²) in [5, 5.41) is 7.33. The van der Waals surface area contributed by atoms with E-state index in [0.29, 0.717) is 11.7 Å². The summed E-state index contributed by atoms with van der Waals surface area (Å²) in [6, 6.07) is 7.68. The highest BCUT2D eigenvalue weighted by atomic mass is 32.1. The van der Waals surface area contributed by atoms with Gasteiger partial charge in [0.1, 0.15) is 5.75 Å². The molecule has 2 heterocycles. The minimum absolute atomic E-state index is 0.185. The summed E-state index contributed by atoms with van der Waals surface area (Å²) >= 11 is 3.03. The van der Waals surface area contributed by atoms with Crippen LogP contribution in [0, 0.1) is 0 Å². The van der Waals surface area contributed by atoms with Gasteiger partial charge < -0.3 is 4.74 Å². The van der Waals surface area contributed by atoms with Gasteiger partial charge in [-0.2, -0.15) is 11.3 Å². The second kappa shape index (κ2) is 6.72. The van der Waals surface area contributed by atoms with Crippen LogP contribution in [0.15, 0.2) is 41.1 Å². The molecule has 0 bridgehead atoms. The largest absolute Gasteiger partial charge is 0.494 e. The lowest BCUT2D eigenvalue weighted by atomic mass is 10.3. The molecule has 1 aromatic carbocycles. The Morgan fingerprint density at radius 2 is 2.32 bits per heavy atom. The first-order chi connectivity index (χ1) is 10.7. The molecule has 1 amide bonds. The molecule has 0 spiro atoms. The van der Waals surface area contributed by atoms with Crippen molar-refractivity contribution in [1.29, 1.82) is 0 Å². The van der Waals surface area contributed by atoms with Crippen molar-refractivity contribution in [3.63, 3.8) is 0 Å². The molecule has 2 aromatic heterocycles. The first-order valence-electron chi connectivity index (χ1n) is 6.79. The van der Waals surface area contributed by atoms with Gasteiger partial charge in [-0.25, -0.2) is 4.98 Å². The fourth-order valence-electron chi connectivity index (χ4n) is 1.90. The lowest BCUT2D eigenvalue weighted by Crippen LogP contribution is -2.06. The highest BCUT2D eigenvalue weighted by Crippen LogP contribution is 2.29. The number of anilines is 1. The Balaban J connectivity index is 1.72. The van der Waals surface area contributed by atoms with E-state index >= 15 is 0 Å². The Morgan fingerprint density at radius 1 is 1.41 bits per heavy atom. The van der Waals surface area contributed by atoms with Crippen molar-refractivity contribution in [3.05, 3.63) is 46.7 Å². The molecule has 0 unspecified atom stereocenters. The van der Waals surface area contributed by atoms with Gasteiger partial charge in [0.2, 0.25) is 5.91 Å². The van der Waals surface area contributed by atoms with Crippen molar-refractivity contribution in [2.24, 2.45) is 0 Å². The van der Waals surface area contributed by atoms with E-state index in [0.717, 1.165) is 21.5 Å². The van der Waals surface area contributed by atoms with Crippen LogP contribution in [0.5, 0.6) is 5.75 Å². The first kappa shape index (κ1) is 14.7. The standard InChI is InChI=1S/C16H14N2O2S2/c1-2-20-12-4-5-13-14(9-12)22-16(17-13)18-15(19)6-3-11-7-8-21-10-11/h3-10H,2H2,1H3,(H,17,18,19)/b6-3+. The Morgan fingerprint density at radius 3 is 3.09 bits per heavy atom.